The molecule has 2 aliphatic heterocycles. The molecule has 5 rings (SSSR count). The minimum Gasteiger partial charge on any atom is -0.371 e. The molecular weight excluding hydrogens is 427 g/mol. The molecule has 168 valence electrons. The first-order valence-corrected chi connectivity index (χ1v) is 12.3. The van der Waals surface area contributed by atoms with E-state index in [1.165, 1.54) is 10.0 Å². The van der Waals surface area contributed by atoms with E-state index in [1.54, 1.807) is 55.7 Å². The standard InChI is InChI=1S/C24H27FN4O2S/c1-26-11-17-9-24(22-7-2-3-8-23(22)25)29(14-17)32(30,31)21-6-4-5-20(10-21)28-15-18-12-27-13-19(18)16-28/h2-10,14,18-19,26-27H,11-13,15-16H2,1H3. The fourth-order valence-electron chi connectivity index (χ4n) is 4.88. The monoisotopic (exact) mass is 454 g/mol. The molecule has 6 nitrogen and oxygen atoms in total. The Kier molecular flexibility index (Phi) is 5.53. The Hall–Kier alpha value is -2.68. The topological polar surface area (TPSA) is 66.4 Å². The minimum absolute atomic E-state index is 0.203. The fraction of sp³-hybridized carbons (Fsp3) is 0.333. The molecule has 0 aliphatic carbocycles. The summed E-state index contributed by atoms with van der Waals surface area (Å²) >= 11 is 0. The average Bonchev–Trinajstić information content (AvgIpc) is 3.49. The van der Waals surface area contributed by atoms with Crippen LogP contribution in [0.4, 0.5) is 10.1 Å². The van der Waals surface area contributed by atoms with Crippen molar-refractivity contribution < 1.29 is 12.8 Å². The molecular formula is C24H27FN4O2S. The molecule has 0 bridgehead atoms. The first kappa shape index (κ1) is 21.2. The zero-order valence-corrected chi connectivity index (χ0v) is 18.8. The number of hydrogen-bond donors (Lipinski definition) is 2. The molecule has 3 heterocycles. The quantitative estimate of drug-likeness (QED) is 0.600. The van der Waals surface area contributed by atoms with Crippen LogP contribution in [0.25, 0.3) is 11.3 Å². The Morgan fingerprint density at radius 1 is 1.06 bits per heavy atom. The summed E-state index contributed by atoms with van der Waals surface area (Å²) in [4.78, 5) is 2.48. The van der Waals surface area contributed by atoms with Crippen molar-refractivity contribution in [2.75, 3.05) is 38.1 Å². The van der Waals surface area contributed by atoms with Crippen molar-refractivity contribution in [3.05, 3.63) is 72.2 Å². The van der Waals surface area contributed by atoms with Crippen molar-refractivity contribution in [3.63, 3.8) is 0 Å². The number of benzene rings is 2. The summed E-state index contributed by atoms with van der Waals surface area (Å²) in [6.45, 7) is 4.37. The number of aromatic nitrogens is 1. The molecule has 2 saturated heterocycles. The Bertz CT molecular complexity index is 1230. The Morgan fingerprint density at radius 2 is 1.81 bits per heavy atom. The first-order chi connectivity index (χ1) is 15.5. The molecule has 2 unspecified atom stereocenters. The number of nitrogens with zero attached hydrogens (tertiary/aromatic N) is 2. The van der Waals surface area contributed by atoms with Gasteiger partial charge in [-0.25, -0.2) is 16.8 Å². The van der Waals surface area contributed by atoms with Gasteiger partial charge < -0.3 is 15.5 Å². The third-order valence-corrected chi connectivity index (χ3v) is 8.17. The highest BCUT2D eigenvalue weighted by Crippen LogP contribution is 2.33. The van der Waals surface area contributed by atoms with Gasteiger partial charge in [-0.2, -0.15) is 0 Å². The zero-order chi connectivity index (χ0) is 22.3. The van der Waals surface area contributed by atoms with Crippen molar-refractivity contribution >= 4 is 15.7 Å². The predicted octanol–water partition coefficient (Wildman–Crippen LogP) is 2.91. The second-order valence-corrected chi connectivity index (χ2v) is 10.4. The Morgan fingerprint density at radius 3 is 2.53 bits per heavy atom. The molecule has 2 N–H and O–H groups in total. The number of nitrogens with one attached hydrogen (secondary N) is 2. The highest BCUT2D eigenvalue weighted by atomic mass is 32.2. The van der Waals surface area contributed by atoms with Gasteiger partial charge in [-0.15, -0.1) is 0 Å². The van der Waals surface area contributed by atoms with Crippen LogP contribution in [-0.2, 0) is 16.6 Å². The summed E-state index contributed by atoms with van der Waals surface area (Å²) in [7, 11) is -2.13. The maximum absolute atomic E-state index is 14.6. The number of fused-ring (bicyclic) bond motifs is 1. The molecule has 3 aromatic rings. The summed E-state index contributed by atoms with van der Waals surface area (Å²) in [6.07, 6.45) is 1.58. The van der Waals surface area contributed by atoms with Crippen LogP contribution in [0.5, 0.6) is 0 Å². The van der Waals surface area contributed by atoms with Crippen LogP contribution < -0.4 is 15.5 Å². The van der Waals surface area contributed by atoms with Gasteiger partial charge >= 0.3 is 0 Å². The predicted molar refractivity (Wildman–Crippen MR) is 124 cm³/mol. The van der Waals surface area contributed by atoms with E-state index in [-0.39, 0.29) is 10.5 Å². The second-order valence-electron chi connectivity index (χ2n) is 8.63. The van der Waals surface area contributed by atoms with E-state index in [9.17, 15) is 12.8 Å². The molecule has 0 amide bonds. The van der Waals surface area contributed by atoms with E-state index >= 15 is 0 Å². The van der Waals surface area contributed by atoms with Crippen molar-refractivity contribution in [1.29, 1.82) is 0 Å². The van der Waals surface area contributed by atoms with Gasteiger partial charge in [0.1, 0.15) is 5.82 Å². The van der Waals surface area contributed by atoms with Crippen molar-refractivity contribution in [2.24, 2.45) is 11.8 Å². The van der Waals surface area contributed by atoms with E-state index in [0.717, 1.165) is 37.4 Å². The van der Waals surface area contributed by atoms with Crippen LogP contribution in [0.2, 0.25) is 0 Å². The van der Waals surface area contributed by atoms with Crippen molar-refractivity contribution in [1.82, 2.24) is 14.6 Å². The van der Waals surface area contributed by atoms with Crippen LogP contribution >= 0.6 is 0 Å². The van der Waals surface area contributed by atoms with E-state index in [4.69, 9.17) is 0 Å². The van der Waals surface area contributed by atoms with Crippen LogP contribution in [0, 0.1) is 17.7 Å². The SMILES string of the molecule is CNCc1cc(-c2ccccc2F)n(S(=O)(=O)c2cccc(N3CC4CNCC4C3)c2)c1. The van der Waals surface area contributed by atoms with Crippen LogP contribution in [0.3, 0.4) is 0 Å². The first-order valence-electron chi connectivity index (χ1n) is 10.9. The molecule has 2 atom stereocenters. The summed E-state index contributed by atoms with van der Waals surface area (Å²) < 4.78 is 43.2. The van der Waals surface area contributed by atoms with E-state index in [2.05, 4.69) is 15.5 Å². The van der Waals surface area contributed by atoms with Crippen molar-refractivity contribution in [2.45, 2.75) is 11.4 Å². The van der Waals surface area contributed by atoms with Gasteiger partial charge in [0, 0.05) is 50.2 Å². The molecule has 2 aliphatic rings. The molecule has 2 aromatic carbocycles. The van der Waals surface area contributed by atoms with Gasteiger partial charge in [0.05, 0.1) is 10.6 Å². The van der Waals surface area contributed by atoms with Crippen LogP contribution in [0.1, 0.15) is 5.56 Å². The molecule has 2 fully saturated rings. The lowest BCUT2D eigenvalue weighted by molar-refractivity contribution is 0.533. The molecule has 0 radical (unpaired) electrons. The number of hydrogen-bond acceptors (Lipinski definition) is 5. The lowest BCUT2D eigenvalue weighted by atomic mass is 10.0. The van der Waals surface area contributed by atoms with Crippen LogP contribution in [0.15, 0.2) is 65.7 Å². The summed E-state index contributed by atoms with van der Waals surface area (Å²) in [5.74, 6) is 0.761. The lowest BCUT2D eigenvalue weighted by Crippen LogP contribution is -2.25. The van der Waals surface area contributed by atoms with Crippen LogP contribution in [-0.4, -0.2) is 45.6 Å². The zero-order valence-electron chi connectivity index (χ0n) is 18.0. The summed E-state index contributed by atoms with van der Waals surface area (Å²) in [5, 5.41) is 6.46. The number of halogens is 1. The fourth-order valence-corrected chi connectivity index (χ4v) is 6.31. The van der Waals surface area contributed by atoms with Gasteiger partial charge in [0.2, 0.25) is 0 Å². The molecule has 32 heavy (non-hydrogen) atoms. The maximum atomic E-state index is 14.6. The van der Waals surface area contributed by atoms with Gasteiger partial charge in [-0.05, 0) is 60.8 Å². The smallest absolute Gasteiger partial charge is 0.268 e. The number of rotatable bonds is 6. The van der Waals surface area contributed by atoms with Gasteiger partial charge in [0.15, 0.2) is 0 Å². The third kappa shape index (κ3) is 3.72. The molecule has 0 spiro atoms. The number of anilines is 1. The normalized spacial score (nSPS) is 20.6. The average molecular weight is 455 g/mol. The minimum atomic E-state index is -3.92. The van der Waals surface area contributed by atoms with E-state index in [1.807, 2.05) is 6.07 Å². The van der Waals surface area contributed by atoms with E-state index in [0.29, 0.717) is 24.1 Å². The van der Waals surface area contributed by atoms with Gasteiger partial charge in [-0.3, -0.25) is 0 Å². The Balaban J connectivity index is 1.54. The Labute approximate surface area is 188 Å². The highest BCUT2D eigenvalue weighted by molar-refractivity contribution is 7.90. The van der Waals surface area contributed by atoms with E-state index < -0.39 is 15.8 Å². The third-order valence-electron chi connectivity index (χ3n) is 6.50. The molecule has 8 heteroatoms. The molecule has 1 aromatic heterocycles. The molecule has 0 saturated carbocycles. The summed E-state index contributed by atoms with van der Waals surface area (Å²) in [6, 6.07) is 15.1. The van der Waals surface area contributed by atoms with Crippen molar-refractivity contribution in [3.8, 4) is 11.3 Å². The lowest BCUT2D eigenvalue weighted by Gasteiger charge is -2.21. The largest absolute Gasteiger partial charge is 0.371 e. The van der Waals surface area contributed by atoms with Gasteiger partial charge in [-0.1, -0.05) is 18.2 Å². The van der Waals surface area contributed by atoms with Gasteiger partial charge in [0.25, 0.3) is 10.0 Å². The maximum Gasteiger partial charge on any atom is 0.268 e. The second kappa shape index (κ2) is 8.35. The summed E-state index contributed by atoms with van der Waals surface area (Å²) in [5.41, 5.74) is 2.26. The highest BCUT2D eigenvalue weighted by Gasteiger charge is 2.36.